The normalized spacial score (nSPS) is 21.8. The van der Waals surface area contributed by atoms with E-state index in [-0.39, 0.29) is 35.6 Å². The largest absolute Gasteiger partial charge is 0.490 e. The minimum absolute atomic E-state index is 0.00139. The van der Waals surface area contributed by atoms with E-state index in [0.29, 0.717) is 11.9 Å². The molecule has 2 aromatic carbocycles. The van der Waals surface area contributed by atoms with Gasteiger partial charge in [-0.2, -0.15) is 13.2 Å². The summed E-state index contributed by atoms with van der Waals surface area (Å²) in [6.45, 7) is 3.58. The van der Waals surface area contributed by atoms with Crippen molar-refractivity contribution in [2.24, 2.45) is 5.92 Å². The Balaban J connectivity index is 1.61. The monoisotopic (exact) mass is 463 g/mol. The summed E-state index contributed by atoms with van der Waals surface area (Å²) in [5.74, 6) is -0.753. The number of hydrogen-bond acceptors (Lipinski definition) is 3. The molecule has 2 fully saturated rings. The van der Waals surface area contributed by atoms with E-state index in [1.165, 1.54) is 6.07 Å². The first-order valence-corrected chi connectivity index (χ1v) is 12.0. The Labute approximate surface area is 192 Å². The number of rotatable bonds is 6. The van der Waals surface area contributed by atoms with Crippen molar-refractivity contribution < 1.29 is 27.8 Å². The predicted octanol–water partition coefficient (Wildman–Crippen LogP) is 6.82. The van der Waals surface area contributed by atoms with E-state index in [9.17, 15) is 18.0 Å². The number of halogens is 3. The van der Waals surface area contributed by atoms with E-state index < -0.39 is 17.7 Å². The molecule has 0 radical (unpaired) electrons. The van der Waals surface area contributed by atoms with Crippen LogP contribution in [-0.4, -0.2) is 35.2 Å². The van der Waals surface area contributed by atoms with Crippen LogP contribution in [0.4, 0.5) is 13.2 Å². The maximum Gasteiger partial charge on any atom is 0.420 e. The highest BCUT2D eigenvalue weighted by molar-refractivity contribution is 5.89. The minimum atomic E-state index is -4.51. The second-order valence-corrected chi connectivity index (χ2v) is 9.57. The highest BCUT2D eigenvalue weighted by Gasteiger charge is 2.37. The van der Waals surface area contributed by atoms with Gasteiger partial charge in [0.15, 0.2) is 0 Å². The van der Waals surface area contributed by atoms with Gasteiger partial charge in [-0.25, -0.2) is 0 Å². The van der Waals surface area contributed by atoms with Crippen molar-refractivity contribution in [2.45, 2.75) is 76.6 Å². The zero-order valence-electron chi connectivity index (χ0n) is 19.0. The quantitative estimate of drug-likeness (QED) is 0.511. The highest BCUT2D eigenvalue weighted by atomic mass is 19.4. The summed E-state index contributed by atoms with van der Waals surface area (Å²) in [6.07, 6.45) is 1.99. The van der Waals surface area contributed by atoms with Crippen LogP contribution in [0, 0.1) is 5.92 Å². The zero-order chi connectivity index (χ0) is 23.6. The number of carbonyl (C=O) groups is 1. The van der Waals surface area contributed by atoms with E-state index in [2.05, 4.69) is 4.90 Å². The molecule has 0 aromatic heterocycles. The molecule has 33 heavy (non-hydrogen) atoms. The lowest BCUT2D eigenvalue weighted by Gasteiger charge is -2.36. The number of fused-ring (bicyclic) bond motifs is 1. The molecule has 7 heteroatoms. The van der Waals surface area contributed by atoms with Crippen molar-refractivity contribution in [3.05, 3.63) is 41.5 Å². The SMILES string of the molecule is CC(c1ccc2c(C(F)(F)F)c(OC3CCCCC3)ccc2c1)N1CCCC(CC(=O)O)C1. The van der Waals surface area contributed by atoms with Crippen LogP contribution < -0.4 is 4.74 Å². The highest BCUT2D eigenvalue weighted by Crippen LogP contribution is 2.43. The molecular weight excluding hydrogens is 431 g/mol. The Hall–Kier alpha value is -2.28. The summed E-state index contributed by atoms with van der Waals surface area (Å²) in [5, 5.41) is 9.83. The minimum Gasteiger partial charge on any atom is -0.490 e. The van der Waals surface area contributed by atoms with Gasteiger partial charge in [-0.15, -0.1) is 0 Å². The number of carboxylic acid groups (broad SMARTS) is 1. The molecule has 2 aliphatic rings. The molecule has 1 saturated carbocycles. The summed E-state index contributed by atoms with van der Waals surface area (Å²) in [6, 6.07) is 8.36. The van der Waals surface area contributed by atoms with Crippen LogP contribution >= 0.6 is 0 Å². The second-order valence-electron chi connectivity index (χ2n) is 9.57. The number of hydrogen-bond donors (Lipinski definition) is 1. The maximum absolute atomic E-state index is 14.1. The van der Waals surface area contributed by atoms with E-state index in [1.807, 2.05) is 13.0 Å². The van der Waals surface area contributed by atoms with Crippen molar-refractivity contribution in [3.8, 4) is 5.75 Å². The third kappa shape index (κ3) is 5.62. The molecule has 4 nitrogen and oxygen atoms in total. The van der Waals surface area contributed by atoms with Gasteiger partial charge in [0.25, 0.3) is 0 Å². The Morgan fingerprint density at radius 3 is 2.58 bits per heavy atom. The number of likely N-dealkylation sites (tertiary alicyclic amines) is 1. The number of piperidine rings is 1. The maximum atomic E-state index is 14.1. The number of carboxylic acids is 1. The molecule has 0 spiro atoms. The fourth-order valence-electron chi connectivity index (χ4n) is 5.41. The van der Waals surface area contributed by atoms with Gasteiger partial charge in [0.1, 0.15) is 11.3 Å². The first kappa shape index (κ1) is 23.9. The van der Waals surface area contributed by atoms with Gasteiger partial charge in [0.2, 0.25) is 0 Å². The van der Waals surface area contributed by atoms with Crippen LogP contribution in [-0.2, 0) is 11.0 Å². The first-order chi connectivity index (χ1) is 15.7. The molecule has 1 aliphatic heterocycles. The van der Waals surface area contributed by atoms with Gasteiger partial charge in [-0.05, 0) is 86.4 Å². The average Bonchev–Trinajstić information content (AvgIpc) is 2.77. The van der Waals surface area contributed by atoms with Crippen molar-refractivity contribution in [1.29, 1.82) is 0 Å². The molecular formula is C26H32F3NO3. The summed E-state index contributed by atoms with van der Waals surface area (Å²) >= 11 is 0. The van der Waals surface area contributed by atoms with Crippen LogP contribution in [0.5, 0.6) is 5.75 Å². The third-order valence-corrected chi connectivity index (χ3v) is 7.18. The van der Waals surface area contributed by atoms with E-state index in [4.69, 9.17) is 9.84 Å². The number of alkyl halides is 3. The standard InChI is InChI=1S/C26H32F3NO3/c1-17(30-13-5-6-18(16-30)14-24(31)32)19-9-11-22-20(15-19)10-12-23(25(22)26(27,28)29)33-21-7-3-2-4-8-21/h9-12,15,17-18,21H,2-8,13-14,16H2,1H3,(H,31,32). The lowest BCUT2D eigenvalue weighted by atomic mass is 9.92. The van der Waals surface area contributed by atoms with Gasteiger partial charge in [0.05, 0.1) is 6.10 Å². The van der Waals surface area contributed by atoms with Gasteiger partial charge in [-0.1, -0.05) is 24.6 Å². The van der Waals surface area contributed by atoms with Crippen LogP contribution in [0.2, 0.25) is 0 Å². The van der Waals surface area contributed by atoms with Gasteiger partial charge < -0.3 is 9.84 Å². The number of aliphatic carboxylic acids is 1. The Morgan fingerprint density at radius 1 is 1.12 bits per heavy atom. The molecule has 0 bridgehead atoms. The topological polar surface area (TPSA) is 49.8 Å². The Bertz CT molecular complexity index is 985. The molecule has 180 valence electrons. The fourth-order valence-corrected chi connectivity index (χ4v) is 5.41. The third-order valence-electron chi connectivity index (χ3n) is 7.18. The molecule has 1 aliphatic carbocycles. The molecule has 4 rings (SSSR count). The number of nitrogens with zero attached hydrogens (tertiary/aromatic N) is 1. The van der Waals surface area contributed by atoms with Crippen molar-refractivity contribution in [1.82, 2.24) is 4.90 Å². The number of ether oxygens (including phenoxy) is 1. The van der Waals surface area contributed by atoms with Crippen molar-refractivity contribution in [2.75, 3.05) is 13.1 Å². The van der Waals surface area contributed by atoms with E-state index >= 15 is 0 Å². The molecule has 1 saturated heterocycles. The fraction of sp³-hybridized carbons (Fsp3) is 0.577. The van der Waals surface area contributed by atoms with Gasteiger partial charge in [-0.3, -0.25) is 9.69 Å². The van der Waals surface area contributed by atoms with Gasteiger partial charge >= 0.3 is 12.1 Å². The first-order valence-electron chi connectivity index (χ1n) is 12.0. The summed E-state index contributed by atoms with van der Waals surface area (Å²) < 4.78 is 48.1. The lowest BCUT2D eigenvalue weighted by molar-refractivity contribution is -0.139. The predicted molar refractivity (Wildman–Crippen MR) is 121 cm³/mol. The van der Waals surface area contributed by atoms with Crippen molar-refractivity contribution >= 4 is 16.7 Å². The average molecular weight is 464 g/mol. The van der Waals surface area contributed by atoms with Gasteiger partial charge in [0, 0.05) is 19.0 Å². The van der Waals surface area contributed by atoms with Crippen LogP contribution in [0.15, 0.2) is 30.3 Å². The summed E-state index contributed by atoms with van der Waals surface area (Å²) in [4.78, 5) is 13.3. The summed E-state index contributed by atoms with van der Waals surface area (Å²) in [5.41, 5.74) is 0.247. The molecule has 2 unspecified atom stereocenters. The summed E-state index contributed by atoms with van der Waals surface area (Å²) in [7, 11) is 0. The van der Waals surface area contributed by atoms with Crippen LogP contribution in [0.25, 0.3) is 10.8 Å². The van der Waals surface area contributed by atoms with E-state index in [1.54, 1.807) is 18.2 Å². The van der Waals surface area contributed by atoms with Crippen molar-refractivity contribution in [3.63, 3.8) is 0 Å². The van der Waals surface area contributed by atoms with E-state index in [0.717, 1.165) is 57.1 Å². The van der Waals surface area contributed by atoms with Crippen LogP contribution in [0.3, 0.4) is 0 Å². The number of benzene rings is 2. The molecule has 1 N–H and O–H groups in total. The molecule has 1 heterocycles. The molecule has 2 aromatic rings. The second kappa shape index (κ2) is 9.92. The lowest BCUT2D eigenvalue weighted by Crippen LogP contribution is -2.37. The van der Waals surface area contributed by atoms with Crippen LogP contribution in [0.1, 0.15) is 75.5 Å². The Morgan fingerprint density at radius 2 is 1.88 bits per heavy atom. The Kier molecular flexibility index (Phi) is 7.17. The smallest absolute Gasteiger partial charge is 0.420 e. The molecule has 0 amide bonds. The zero-order valence-corrected chi connectivity index (χ0v) is 19.0. The molecule has 2 atom stereocenters.